The van der Waals surface area contributed by atoms with Gasteiger partial charge in [0.2, 0.25) is 11.8 Å². The highest BCUT2D eigenvalue weighted by molar-refractivity contribution is 6.13. The number of hydrazine groups is 1. The summed E-state index contributed by atoms with van der Waals surface area (Å²) in [5, 5.41) is 14.1. The standard InChI is InChI=1S/C34H31N3O6/c1-18-8-11-21(12-9-18)36-37-32(41)25-17-24-22(13-14-23-28(24)31(40)35-30(23)39)29(19-10-15-26(38)27(16-19)43-2)34(25,33(37)42)20-6-4-3-5-7-20/h3-13,15-16,23-25,28-29,36,38H,14,17H2,1-2H3,(H,35,39,40). The first-order valence-electron chi connectivity index (χ1n) is 14.4. The number of nitrogens with one attached hydrogen (secondary N) is 2. The first-order valence-corrected chi connectivity index (χ1v) is 14.4. The van der Waals surface area contributed by atoms with Crippen LogP contribution in [0.4, 0.5) is 5.69 Å². The van der Waals surface area contributed by atoms with Crippen molar-refractivity contribution >= 4 is 29.3 Å². The van der Waals surface area contributed by atoms with Crippen molar-refractivity contribution in [2.24, 2.45) is 23.7 Å². The number of aromatic hydroxyl groups is 1. The Labute approximate surface area is 248 Å². The van der Waals surface area contributed by atoms with Gasteiger partial charge in [0.1, 0.15) is 0 Å². The molecule has 2 aliphatic carbocycles. The number of imide groups is 2. The molecule has 9 nitrogen and oxygen atoms in total. The Hall–Kier alpha value is -4.92. The van der Waals surface area contributed by atoms with Crippen LogP contribution in [-0.4, -0.2) is 40.9 Å². The topological polar surface area (TPSA) is 125 Å². The smallest absolute Gasteiger partial charge is 0.260 e. The number of phenols is 1. The number of amides is 4. The van der Waals surface area contributed by atoms with E-state index < -0.39 is 46.8 Å². The molecule has 6 atom stereocenters. The first-order chi connectivity index (χ1) is 20.7. The van der Waals surface area contributed by atoms with Crippen molar-refractivity contribution in [2.75, 3.05) is 12.5 Å². The van der Waals surface area contributed by atoms with Crippen molar-refractivity contribution in [3.8, 4) is 11.5 Å². The second kappa shape index (κ2) is 9.83. The van der Waals surface area contributed by atoms with Crippen LogP contribution in [0.3, 0.4) is 0 Å². The predicted molar refractivity (Wildman–Crippen MR) is 157 cm³/mol. The molecule has 4 aliphatic rings. The molecule has 0 radical (unpaired) electrons. The van der Waals surface area contributed by atoms with Crippen LogP contribution in [0, 0.1) is 30.6 Å². The maximum Gasteiger partial charge on any atom is 0.260 e. The molecule has 3 fully saturated rings. The van der Waals surface area contributed by atoms with Crippen molar-refractivity contribution in [1.82, 2.24) is 10.3 Å². The lowest BCUT2D eigenvalue weighted by molar-refractivity contribution is -0.138. The molecule has 4 amide bonds. The Morgan fingerprint density at radius 1 is 0.953 bits per heavy atom. The molecule has 3 N–H and O–H groups in total. The molecule has 0 spiro atoms. The Balaban J connectivity index is 1.47. The van der Waals surface area contributed by atoms with Crippen LogP contribution in [0.5, 0.6) is 11.5 Å². The van der Waals surface area contributed by atoms with Gasteiger partial charge in [-0.15, -0.1) is 0 Å². The van der Waals surface area contributed by atoms with E-state index in [-0.39, 0.29) is 29.7 Å². The normalized spacial score (nSPS) is 29.4. The van der Waals surface area contributed by atoms with E-state index in [1.54, 1.807) is 12.1 Å². The molecule has 6 unspecified atom stereocenters. The van der Waals surface area contributed by atoms with E-state index in [1.807, 2.05) is 67.6 Å². The van der Waals surface area contributed by atoms with E-state index in [0.29, 0.717) is 23.2 Å². The minimum absolute atomic E-state index is 0.0566. The van der Waals surface area contributed by atoms with Gasteiger partial charge in [0.25, 0.3) is 11.8 Å². The molecule has 3 aromatic carbocycles. The summed E-state index contributed by atoms with van der Waals surface area (Å²) in [6.45, 7) is 1.96. The number of fused-ring (bicyclic) bond motifs is 4. The number of carbonyl (C=O) groups excluding carboxylic acids is 4. The average Bonchev–Trinajstić information content (AvgIpc) is 3.43. The van der Waals surface area contributed by atoms with Crippen LogP contribution in [0.2, 0.25) is 0 Å². The zero-order valence-corrected chi connectivity index (χ0v) is 23.7. The molecule has 9 heteroatoms. The number of nitrogens with zero attached hydrogens (tertiary/aromatic N) is 1. The minimum Gasteiger partial charge on any atom is -0.504 e. The van der Waals surface area contributed by atoms with Crippen LogP contribution >= 0.6 is 0 Å². The molecule has 2 aliphatic heterocycles. The second-order valence-corrected chi connectivity index (χ2v) is 11.9. The molecular formula is C34H31N3O6. The summed E-state index contributed by atoms with van der Waals surface area (Å²) in [6, 6.07) is 21.7. The summed E-state index contributed by atoms with van der Waals surface area (Å²) in [5.41, 5.74) is 5.53. The highest BCUT2D eigenvalue weighted by Gasteiger charge is 2.70. The Kier molecular flexibility index (Phi) is 6.16. The summed E-state index contributed by atoms with van der Waals surface area (Å²) in [5.74, 6) is -4.38. The second-order valence-electron chi connectivity index (χ2n) is 11.9. The molecule has 3 aromatic rings. The Morgan fingerprint density at radius 3 is 2.42 bits per heavy atom. The number of allylic oxidation sites excluding steroid dienone is 2. The highest BCUT2D eigenvalue weighted by atomic mass is 16.5. The maximum absolute atomic E-state index is 15.0. The third-order valence-corrected chi connectivity index (χ3v) is 9.77. The van der Waals surface area contributed by atoms with E-state index in [4.69, 9.17) is 4.74 Å². The van der Waals surface area contributed by atoms with Crippen LogP contribution in [0.15, 0.2) is 84.4 Å². The van der Waals surface area contributed by atoms with E-state index in [9.17, 15) is 24.3 Å². The number of hydrogen-bond acceptors (Lipinski definition) is 7. The van der Waals surface area contributed by atoms with Gasteiger partial charge in [-0.25, -0.2) is 0 Å². The van der Waals surface area contributed by atoms with Crippen molar-refractivity contribution in [1.29, 1.82) is 0 Å². The summed E-state index contributed by atoms with van der Waals surface area (Å²) in [6.07, 6.45) is 2.57. The van der Waals surface area contributed by atoms with Crippen LogP contribution in [0.25, 0.3) is 0 Å². The van der Waals surface area contributed by atoms with E-state index in [1.165, 1.54) is 13.2 Å². The monoisotopic (exact) mass is 577 g/mol. The lowest BCUT2D eigenvalue weighted by atomic mass is 9.49. The quantitative estimate of drug-likeness (QED) is 0.310. The van der Waals surface area contributed by atoms with Crippen molar-refractivity contribution in [3.63, 3.8) is 0 Å². The van der Waals surface area contributed by atoms with Gasteiger partial charge in [-0.2, -0.15) is 5.01 Å². The van der Waals surface area contributed by atoms with Gasteiger partial charge in [-0.1, -0.05) is 65.7 Å². The Morgan fingerprint density at radius 2 is 1.70 bits per heavy atom. The lowest BCUT2D eigenvalue weighted by Crippen LogP contribution is -2.53. The van der Waals surface area contributed by atoms with Crippen LogP contribution in [-0.2, 0) is 24.6 Å². The number of phenolic OH excluding ortho intramolecular Hbond substituents is 1. The average molecular weight is 578 g/mol. The number of ether oxygens (including phenoxy) is 1. The van der Waals surface area contributed by atoms with Gasteiger partial charge in [0.15, 0.2) is 11.5 Å². The zero-order chi connectivity index (χ0) is 30.0. The van der Waals surface area contributed by atoms with Gasteiger partial charge >= 0.3 is 0 Å². The first kappa shape index (κ1) is 26.9. The number of carbonyl (C=O) groups is 4. The predicted octanol–water partition coefficient (Wildman–Crippen LogP) is 3.98. The number of methoxy groups -OCH3 is 1. The third kappa shape index (κ3) is 3.84. The third-order valence-electron chi connectivity index (χ3n) is 9.77. The van der Waals surface area contributed by atoms with Crippen molar-refractivity contribution < 1.29 is 29.0 Å². The molecule has 2 heterocycles. The van der Waals surface area contributed by atoms with Crippen LogP contribution in [0.1, 0.15) is 35.4 Å². The molecular weight excluding hydrogens is 546 g/mol. The van der Waals surface area contributed by atoms with E-state index in [0.717, 1.165) is 16.1 Å². The summed E-state index contributed by atoms with van der Waals surface area (Å²) >= 11 is 0. The highest BCUT2D eigenvalue weighted by Crippen LogP contribution is 2.64. The van der Waals surface area contributed by atoms with Crippen molar-refractivity contribution in [3.05, 3.63) is 101 Å². The summed E-state index contributed by atoms with van der Waals surface area (Å²) in [4.78, 5) is 55.4. The fraction of sp³-hybridized carbons (Fsp3) is 0.294. The number of anilines is 1. The molecule has 2 saturated heterocycles. The molecule has 7 rings (SSSR count). The van der Waals surface area contributed by atoms with Crippen molar-refractivity contribution in [2.45, 2.75) is 31.1 Å². The largest absolute Gasteiger partial charge is 0.504 e. The van der Waals surface area contributed by atoms with Gasteiger partial charge in [0.05, 0.1) is 36.0 Å². The van der Waals surface area contributed by atoms with Gasteiger partial charge in [-0.05, 0) is 61.1 Å². The molecule has 0 bridgehead atoms. The summed E-state index contributed by atoms with van der Waals surface area (Å²) in [7, 11) is 1.45. The fourth-order valence-corrected chi connectivity index (χ4v) is 7.91. The Bertz CT molecular complexity index is 1700. The van der Waals surface area contributed by atoms with Gasteiger partial charge in [0, 0.05) is 5.92 Å². The number of benzene rings is 3. The number of aryl methyl sites for hydroxylation is 1. The minimum atomic E-state index is -1.37. The summed E-state index contributed by atoms with van der Waals surface area (Å²) < 4.78 is 5.47. The molecule has 0 aromatic heterocycles. The zero-order valence-electron chi connectivity index (χ0n) is 23.7. The van der Waals surface area contributed by atoms with E-state index in [2.05, 4.69) is 10.7 Å². The number of hydrogen-bond donors (Lipinski definition) is 3. The molecule has 43 heavy (non-hydrogen) atoms. The maximum atomic E-state index is 15.0. The number of rotatable bonds is 5. The SMILES string of the molecule is COc1cc(C2C3=CCC4C(=O)NC(=O)C4C3CC3C(=O)N(Nc4ccc(C)cc4)C(=O)C32c2ccccc2)ccc1O. The molecule has 218 valence electrons. The van der Waals surface area contributed by atoms with Gasteiger partial charge in [-0.3, -0.25) is 29.9 Å². The molecule has 1 saturated carbocycles. The fourth-order valence-electron chi connectivity index (χ4n) is 7.91. The van der Waals surface area contributed by atoms with E-state index >= 15 is 0 Å². The van der Waals surface area contributed by atoms with Gasteiger partial charge < -0.3 is 9.84 Å². The van der Waals surface area contributed by atoms with Crippen LogP contribution < -0.4 is 15.5 Å². The lowest BCUT2D eigenvalue weighted by Gasteiger charge is -2.50.